The van der Waals surface area contributed by atoms with Gasteiger partial charge in [-0.25, -0.2) is 0 Å². The molecule has 0 fully saturated rings. The summed E-state index contributed by atoms with van der Waals surface area (Å²) in [5, 5.41) is 10.8. The zero-order chi connectivity index (χ0) is 15.4. The second-order valence-corrected chi connectivity index (χ2v) is 5.40. The molecule has 0 amide bonds. The molecule has 2 aromatic rings. The van der Waals surface area contributed by atoms with E-state index >= 15 is 0 Å². The van der Waals surface area contributed by atoms with Crippen LogP contribution in [-0.2, 0) is 0 Å². The van der Waals surface area contributed by atoms with Crippen molar-refractivity contribution in [1.82, 2.24) is 0 Å². The molecule has 0 N–H and O–H groups in total. The number of benzene rings is 2. The fraction of sp³-hybridized carbons (Fsp3) is 0.133. The molecule has 0 aliphatic rings. The van der Waals surface area contributed by atoms with Gasteiger partial charge in [0.1, 0.15) is 5.75 Å². The maximum atomic E-state index is 12.0. The average Bonchev–Trinajstić information content (AvgIpc) is 2.45. The van der Waals surface area contributed by atoms with Gasteiger partial charge in [0.2, 0.25) is 0 Å². The average molecular weight is 350 g/mol. The molecule has 2 rings (SSSR count). The van der Waals surface area contributed by atoms with Gasteiger partial charge in [0.15, 0.2) is 12.4 Å². The number of halogens is 1. The van der Waals surface area contributed by atoms with Crippen molar-refractivity contribution in [3.8, 4) is 5.75 Å². The molecule has 21 heavy (non-hydrogen) atoms. The molecule has 0 saturated carbocycles. The van der Waals surface area contributed by atoms with E-state index in [2.05, 4.69) is 15.9 Å². The summed E-state index contributed by atoms with van der Waals surface area (Å²) in [7, 11) is 0. The fourth-order valence-electron chi connectivity index (χ4n) is 1.71. The van der Waals surface area contributed by atoms with Gasteiger partial charge in [-0.1, -0.05) is 45.8 Å². The minimum Gasteiger partial charge on any atom is -0.485 e. The number of carbonyl (C=O) groups is 1. The Morgan fingerprint density at radius 3 is 2.52 bits per heavy atom. The number of nitro benzene ring substituents is 1. The molecule has 0 radical (unpaired) electrons. The third-order valence-corrected chi connectivity index (χ3v) is 3.27. The normalized spacial score (nSPS) is 10.2. The highest BCUT2D eigenvalue weighted by Gasteiger charge is 2.11. The van der Waals surface area contributed by atoms with Gasteiger partial charge >= 0.3 is 0 Å². The number of hydrogen-bond acceptors (Lipinski definition) is 4. The van der Waals surface area contributed by atoms with Gasteiger partial charge in [-0.3, -0.25) is 14.9 Å². The predicted molar refractivity (Wildman–Crippen MR) is 81.8 cm³/mol. The SMILES string of the molecule is Cc1ccc(C(=O)COc2cc(Br)cc([N+](=O)[O-])c2)cc1. The highest BCUT2D eigenvalue weighted by molar-refractivity contribution is 9.10. The molecule has 0 aromatic heterocycles. The number of nitro groups is 1. The van der Waals surface area contributed by atoms with Crippen molar-refractivity contribution in [2.45, 2.75) is 6.92 Å². The van der Waals surface area contributed by atoms with E-state index in [1.165, 1.54) is 12.1 Å². The second-order valence-electron chi connectivity index (χ2n) is 4.48. The largest absolute Gasteiger partial charge is 0.485 e. The van der Waals surface area contributed by atoms with Crippen LogP contribution < -0.4 is 4.74 Å². The summed E-state index contributed by atoms with van der Waals surface area (Å²) in [6, 6.07) is 11.4. The van der Waals surface area contributed by atoms with Crippen molar-refractivity contribution in [3.63, 3.8) is 0 Å². The highest BCUT2D eigenvalue weighted by Crippen LogP contribution is 2.26. The molecule has 5 nitrogen and oxygen atoms in total. The number of ether oxygens (including phenoxy) is 1. The van der Waals surface area contributed by atoms with Crippen molar-refractivity contribution < 1.29 is 14.5 Å². The quantitative estimate of drug-likeness (QED) is 0.465. The summed E-state index contributed by atoms with van der Waals surface area (Å²) >= 11 is 3.17. The minimum absolute atomic E-state index is 0.0952. The van der Waals surface area contributed by atoms with Crippen LogP contribution >= 0.6 is 15.9 Å². The van der Waals surface area contributed by atoms with Gasteiger partial charge in [-0.2, -0.15) is 0 Å². The smallest absolute Gasteiger partial charge is 0.274 e. The number of carbonyl (C=O) groups excluding carboxylic acids is 1. The molecule has 2 aromatic carbocycles. The molecule has 0 heterocycles. The number of aryl methyl sites for hydroxylation is 1. The van der Waals surface area contributed by atoms with Crippen LogP contribution in [0.4, 0.5) is 5.69 Å². The summed E-state index contributed by atoms with van der Waals surface area (Å²) in [6.45, 7) is 1.77. The number of Topliss-reactive ketones (excluding diaryl/α,β-unsaturated/α-hetero) is 1. The molecule has 0 unspecified atom stereocenters. The van der Waals surface area contributed by atoms with Crippen molar-refractivity contribution in [2.24, 2.45) is 0 Å². The first-order chi connectivity index (χ1) is 9.95. The van der Waals surface area contributed by atoms with Gasteiger partial charge in [0.05, 0.1) is 11.0 Å². The maximum absolute atomic E-state index is 12.0. The van der Waals surface area contributed by atoms with E-state index in [0.29, 0.717) is 10.0 Å². The minimum atomic E-state index is -0.514. The van der Waals surface area contributed by atoms with Gasteiger partial charge in [0, 0.05) is 16.1 Å². The second kappa shape index (κ2) is 6.49. The van der Waals surface area contributed by atoms with Crippen LogP contribution in [0.1, 0.15) is 15.9 Å². The van der Waals surface area contributed by atoms with E-state index in [9.17, 15) is 14.9 Å². The summed E-state index contributed by atoms with van der Waals surface area (Å²) in [6.07, 6.45) is 0. The van der Waals surface area contributed by atoms with Crippen LogP contribution in [0.15, 0.2) is 46.9 Å². The lowest BCUT2D eigenvalue weighted by Crippen LogP contribution is -2.11. The molecular formula is C15H12BrNO4. The number of non-ortho nitro benzene ring substituents is 1. The number of hydrogen-bond donors (Lipinski definition) is 0. The standard InChI is InChI=1S/C15H12BrNO4/c1-10-2-4-11(5-3-10)15(18)9-21-14-7-12(16)6-13(8-14)17(19)20/h2-8H,9H2,1H3. The molecule has 6 heteroatoms. The molecule has 0 spiro atoms. The zero-order valence-corrected chi connectivity index (χ0v) is 12.8. The van der Waals surface area contributed by atoms with Crippen LogP contribution in [-0.4, -0.2) is 17.3 Å². The van der Waals surface area contributed by atoms with E-state index in [4.69, 9.17) is 4.74 Å². The van der Waals surface area contributed by atoms with Crippen LogP contribution in [0, 0.1) is 17.0 Å². The van der Waals surface area contributed by atoms with Crippen LogP contribution in [0.2, 0.25) is 0 Å². The Morgan fingerprint density at radius 2 is 1.90 bits per heavy atom. The van der Waals surface area contributed by atoms with Gasteiger partial charge < -0.3 is 4.74 Å². The van der Waals surface area contributed by atoms with E-state index < -0.39 is 4.92 Å². The first-order valence-corrected chi connectivity index (χ1v) is 6.92. The maximum Gasteiger partial charge on any atom is 0.274 e. The Bertz CT molecular complexity index is 683. The van der Waals surface area contributed by atoms with Crippen LogP contribution in [0.5, 0.6) is 5.75 Å². The lowest BCUT2D eigenvalue weighted by molar-refractivity contribution is -0.385. The van der Waals surface area contributed by atoms with Crippen LogP contribution in [0.25, 0.3) is 0 Å². The molecule has 0 atom stereocenters. The van der Waals surface area contributed by atoms with E-state index in [1.54, 1.807) is 18.2 Å². The van der Waals surface area contributed by atoms with E-state index in [0.717, 1.165) is 5.56 Å². The molecule has 0 saturated heterocycles. The summed E-state index contributed by atoms with van der Waals surface area (Å²) in [5.41, 5.74) is 1.52. The first kappa shape index (κ1) is 15.2. The summed E-state index contributed by atoms with van der Waals surface area (Å²) in [4.78, 5) is 22.2. The van der Waals surface area contributed by atoms with Crippen LogP contribution in [0.3, 0.4) is 0 Å². The Kier molecular flexibility index (Phi) is 4.70. The van der Waals surface area contributed by atoms with Gasteiger partial charge in [0.25, 0.3) is 5.69 Å². The zero-order valence-electron chi connectivity index (χ0n) is 11.2. The number of rotatable bonds is 5. The third-order valence-electron chi connectivity index (χ3n) is 2.81. The van der Waals surface area contributed by atoms with Crippen molar-refractivity contribution in [2.75, 3.05) is 6.61 Å². The molecule has 0 aliphatic heterocycles. The lowest BCUT2D eigenvalue weighted by atomic mass is 10.1. The van der Waals surface area contributed by atoms with Gasteiger partial charge in [-0.15, -0.1) is 0 Å². The monoisotopic (exact) mass is 349 g/mol. The topological polar surface area (TPSA) is 69.4 Å². The van der Waals surface area contributed by atoms with Crippen molar-refractivity contribution >= 4 is 27.4 Å². The van der Waals surface area contributed by atoms with E-state index in [1.807, 2.05) is 19.1 Å². The Hall–Kier alpha value is -2.21. The number of nitrogens with zero attached hydrogens (tertiary/aromatic N) is 1. The Balaban J connectivity index is 2.07. The fourth-order valence-corrected chi connectivity index (χ4v) is 2.17. The lowest BCUT2D eigenvalue weighted by Gasteiger charge is -2.06. The summed E-state index contributed by atoms with van der Waals surface area (Å²) < 4.78 is 5.86. The summed E-state index contributed by atoms with van der Waals surface area (Å²) in [5.74, 6) is 0.0918. The Morgan fingerprint density at radius 1 is 1.24 bits per heavy atom. The number of ketones is 1. The predicted octanol–water partition coefficient (Wildman–Crippen LogP) is 3.93. The molecule has 0 bridgehead atoms. The third kappa shape index (κ3) is 4.13. The first-order valence-electron chi connectivity index (χ1n) is 6.13. The van der Waals surface area contributed by atoms with E-state index in [-0.39, 0.29) is 23.8 Å². The molecule has 108 valence electrons. The Labute approximate surface area is 129 Å². The molecule has 0 aliphatic carbocycles. The molecular weight excluding hydrogens is 338 g/mol. The van der Waals surface area contributed by atoms with Gasteiger partial charge in [-0.05, 0) is 13.0 Å². The van der Waals surface area contributed by atoms with Crippen molar-refractivity contribution in [3.05, 3.63) is 68.2 Å². The van der Waals surface area contributed by atoms with Crippen molar-refractivity contribution in [1.29, 1.82) is 0 Å². The highest BCUT2D eigenvalue weighted by atomic mass is 79.9.